The maximum absolute atomic E-state index is 4.93. The van der Waals surface area contributed by atoms with Crippen LogP contribution in [0.3, 0.4) is 0 Å². The second-order valence-corrected chi connectivity index (χ2v) is 13.5. The number of fused-ring (bicyclic) bond motifs is 2. The molecule has 4 heteroatoms. The SMILES string of the molecule is [Cl][Zr+2][Cl].c1ccc(P(c2ccccc2)c2cc3ccccc3[cH-]2)cc1.c1ccc2[cH-]ccc2c1. The zero-order valence-corrected chi connectivity index (χ0v) is 23.3. The summed E-state index contributed by atoms with van der Waals surface area (Å²) in [5, 5.41) is 9.55. The molecule has 166 valence electrons. The van der Waals surface area contributed by atoms with Crippen molar-refractivity contribution in [3.63, 3.8) is 0 Å². The first-order chi connectivity index (χ1) is 16.8. The van der Waals surface area contributed by atoms with E-state index in [-0.39, 0.29) is 0 Å². The number of halogens is 2. The fourth-order valence-corrected chi connectivity index (χ4v) is 6.31. The van der Waals surface area contributed by atoms with E-state index in [1.165, 1.54) is 37.5 Å². The first kappa shape index (κ1) is 25.1. The summed E-state index contributed by atoms with van der Waals surface area (Å²) in [5.74, 6) is 0. The number of hydrogen-bond acceptors (Lipinski definition) is 0. The molecule has 0 fully saturated rings. The van der Waals surface area contributed by atoms with Crippen molar-refractivity contribution in [1.29, 1.82) is 0 Å². The standard InChI is InChI=1S/C21H16P.C9H7.2ClH.Zr/c1-3-11-19(12-4-1)22(20-13-5-2-6-14-20)21-15-17-9-7-8-10-18(17)16-21;1-2-5-9-7-3-6-8(9)4-1;;;/h1-16H;1-7H;2*1H;/q2*-1;;;+4/p-2. The predicted molar refractivity (Wildman–Crippen MR) is 149 cm³/mol. The number of hydrogen-bond donors (Lipinski definition) is 0. The summed E-state index contributed by atoms with van der Waals surface area (Å²) in [6, 6.07) is 49.7. The molecule has 0 nitrogen and oxygen atoms in total. The van der Waals surface area contributed by atoms with Crippen LogP contribution in [-0.2, 0) is 20.8 Å². The molecular weight excluding hydrogens is 553 g/mol. The van der Waals surface area contributed by atoms with Crippen LogP contribution in [0.1, 0.15) is 0 Å². The average molecular weight is 577 g/mol. The maximum Gasteiger partial charge on any atom is -0.0166 e. The summed E-state index contributed by atoms with van der Waals surface area (Å²) in [4.78, 5) is 0. The van der Waals surface area contributed by atoms with Crippen molar-refractivity contribution in [1.82, 2.24) is 0 Å². The second kappa shape index (κ2) is 13.2. The molecular formula is C30H23Cl2PZr. The number of rotatable bonds is 3. The molecule has 0 atom stereocenters. The maximum atomic E-state index is 4.93. The summed E-state index contributed by atoms with van der Waals surface area (Å²) in [7, 11) is 9.37. The van der Waals surface area contributed by atoms with Crippen LogP contribution >= 0.6 is 24.9 Å². The topological polar surface area (TPSA) is 0 Å². The van der Waals surface area contributed by atoms with Crippen molar-refractivity contribution in [2.45, 2.75) is 0 Å². The summed E-state index contributed by atoms with van der Waals surface area (Å²) in [6.07, 6.45) is 0. The van der Waals surface area contributed by atoms with Crippen molar-refractivity contribution < 1.29 is 20.8 Å². The van der Waals surface area contributed by atoms with Crippen LogP contribution in [0.5, 0.6) is 0 Å². The molecule has 6 aromatic rings. The average Bonchev–Trinajstić information content (AvgIpc) is 3.53. The second-order valence-electron chi connectivity index (χ2n) is 7.58. The Bertz CT molecular complexity index is 1300. The van der Waals surface area contributed by atoms with E-state index in [1.54, 1.807) is 0 Å². The van der Waals surface area contributed by atoms with Gasteiger partial charge in [0.25, 0.3) is 0 Å². The van der Waals surface area contributed by atoms with Crippen molar-refractivity contribution in [3.8, 4) is 0 Å². The monoisotopic (exact) mass is 574 g/mol. The van der Waals surface area contributed by atoms with Gasteiger partial charge in [0.1, 0.15) is 0 Å². The molecule has 0 radical (unpaired) electrons. The molecule has 0 saturated heterocycles. The molecule has 0 spiro atoms. The first-order valence-electron chi connectivity index (χ1n) is 10.9. The Hall–Kier alpha value is -2.01. The Morgan fingerprint density at radius 1 is 0.559 bits per heavy atom. The van der Waals surface area contributed by atoms with Gasteiger partial charge in [0.2, 0.25) is 0 Å². The molecule has 0 aromatic heterocycles. The van der Waals surface area contributed by atoms with Crippen molar-refractivity contribution >= 4 is 62.4 Å². The molecule has 0 bridgehead atoms. The number of benzene rings is 4. The van der Waals surface area contributed by atoms with E-state index in [2.05, 4.69) is 140 Å². The first-order valence-corrected chi connectivity index (χ1v) is 18.6. The Morgan fingerprint density at radius 2 is 1.06 bits per heavy atom. The van der Waals surface area contributed by atoms with E-state index < -0.39 is 28.8 Å². The van der Waals surface area contributed by atoms with Crippen LogP contribution in [0.15, 0.2) is 140 Å². The Morgan fingerprint density at radius 3 is 1.62 bits per heavy atom. The molecule has 34 heavy (non-hydrogen) atoms. The summed E-state index contributed by atoms with van der Waals surface area (Å²) < 4.78 is 0. The van der Waals surface area contributed by atoms with Gasteiger partial charge in [-0.1, -0.05) is 72.8 Å². The molecule has 0 aliphatic rings. The van der Waals surface area contributed by atoms with Gasteiger partial charge in [-0.15, -0.1) is 70.0 Å². The van der Waals surface area contributed by atoms with Crippen LogP contribution in [-0.4, -0.2) is 0 Å². The molecule has 6 aromatic carbocycles. The van der Waals surface area contributed by atoms with Gasteiger partial charge < -0.3 is 0 Å². The fourth-order valence-electron chi connectivity index (χ4n) is 3.93. The molecule has 0 saturated carbocycles. The minimum Gasteiger partial charge on any atom is -0.168 e. The Balaban J connectivity index is 0.000000189. The predicted octanol–water partition coefficient (Wildman–Crippen LogP) is 8.25. The van der Waals surface area contributed by atoms with Crippen molar-refractivity contribution in [2.24, 2.45) is 0 Å². The molecule has 0 amide bonds. The molecule has 0 aliphatic heterocycles. The van der Waals surface area contributed by atoms with Gasteiger partial charge in [0.15, 0.2) is 0 Å². The quantitative estimate of drug-likeness (QED) is 0.147. The smallest absolute Gasteiger partial charge is 0.0166 e. The third-order valence-corrected chi connectivity index (χ3v) is 7.84. The van der Waals surface area contributed by atoms with Gasteiger partial charge in [0.05, 0.1) is 0 Å². The van der Waals surface area contributed by atoms with E-state index in [1.807, 2.05) is 0 Å². The van der Waals surface area contributed by atoms with Crippen LogP contribution in [0.25, 0.3) is 21.5 Å². The van der Waals surface area contributed by atoms with Gasteiger partial charge in [-0.3, -0.25) is 0 Å². The third kappa shape index (κ3) is 6.56. The van der Waals surface area contributed by atoms with Crippen LogP contribution in [0.4, 0.5) is 0 Å². The molecule has 0 unspecified atom stereocenters. The zero-order chi connectivity index (χ0) is 23.6. The summed E-state index contributed by atoms with van der Waals surface area (Å²) in [6.45, 7) is 0. The molecule has 6 rings (SSSR count). The van der Waals surface area contributed by atoms with Gasteiger partial charge >= 0.3 is 37.9 Å². The van der Waals surface area contributed by atoms with E-state index in [0.717, 1.165) is 0 Å². The fraction of sp³-hybridized carbons (Fsp3) is 0. The van der Waals surface area contributed by atoms with Crippen molar-refractivity contribution in [3.05, 3.63) is 140 Å². The summed E-state index contributed by atoms with van der Waals surface area (Å²) in [5.41, 5.74) is 0. The zero-order valence-electron chi connectivity index (χ0n) is 18.5. The normalized spacial score (nSPS) is 10.2. The largest absolute Gasteiger partial charge is 0.168 e. The minimum absolute atomic E-state index is 0.493. The minimum atomic E-state index is -0.826. The Kier molecular flexibility index (Phi) is 9.73. The van der Waals surface area contributed by atoms with Gasteiger partial charge in [-0.25, -0.2) is 0 Å². The summed E-state index contributed by atoms with van der Waals surface area (Å²) >= 11 is -0.826. The van der Waals surface area contributed by atoms with E-state index in [0.29, 0.717) is 0 Å². The third-order valence-electron chi connectivity index (χ3n) is 5.44. The van der Waals surface area contributed by atoms with E-state index >= 15 is 0 Å². The van der Waals surface area contributed by atoms with Crippen molar-refractivity contribution in [2.75, 3.05) is 0 Å². The Labute approximate surface area is 221 Å². The molecule has 0 N–H and O–H groups in total. The van der Waals surface area contributed by atoms with Crippen LogP contribution in [0, 0.1) is 0 Å². The van der Waals surface area contributed by atoms with Gasteiger partial charge in [0, 0.05) is 0 Å². The van der Waals surface area contributed by atoms with E-state index in [9.17, 15) is 0 Å². The molecule has 0 aliphatic carbocycles. The van der Waals surface area contributed by atoms with E-state index in [4.69, 9.17) is 17.0 Å². The van der Waals surface area contributed by atoms with Crippen LogP contribution < -0.4 is 15.9 Å². The van der Waals surface area contributed by atoms with Crippen LogP contribution in [0.2, 0.25) is 0 Å². The molecule has 0 heterocycles. The van der Waals surface area contributed by atoms with Gasteiger partial charge in [-0.2, -0.15) is 23.6 Å². The van der Waals surface area contributed by atoms with Gasteiger partial charge in [-0.05, 0) is 18.5 Å².